The highest BCUT2D eigenvalue weighted by molar-refractivity contribution is 4.95. The van der Waals surface area contributed by atoms with Crippen LogP contribution in [-0.2, 0) is 9.47 Å². The van der Waals surface area contributed by atoms with E-state index >= 15 is 0 Å². The van der Waals surface area contributed by atoms with Gasteiger partial charge in [0.2, 0.25) is 0 Å². The van der Waals surface area contributed by atoms with Gasteiger partial charge in [-0.25, -0.2) is 0 Å². The second-order valence-corrected chi connectivity index (χ2v) is 5.98. The molecule has 3 nitrogen and oxygen atoms in total. The van der Waals surface area contributed by atoms with Crippen molar-refractivity contribution in [1.29, 1.82) is 0 Å². The van der Waals surface area contributed by atoms with E-state index in [1.165, 1.54) is 38.5 Å². The van der Waals surface area contributed by atoms with E-state index in [1.807, 2.05) is 7.11 Å². The van der Waals surface area contributed by atoms with Gasteiger partial charge in [-0.2, -0.15) is 0 Å². The zero-order valence-electron chi connectivity index (χ0n) is 12.0. The third kappa shape index (κ3) is 3.46. The molecule has 3 heteroatoms. The lowest BCUT2D eigenvalue weighted by Gasteiger charge is -2.45. The molecule has 2 fully saturated rings. The number of nitrogens with one attached hydrogen (secondary N) is 1. The molecule has 2 aliphatic rings. The second kappa shape index (κ2) is 6.88. The van der Waals surface area contributed by atoms with Crippen molar-refractivity contribution in [2.24, 2.45) is 5.92 Å². The average molecular weight is 255 g/mol. The SMILES string of the molecule is CCCNC(CC1(OC)CCC1)C1CCCOC1. The zero-order chi connectivity index (χ0) is 12.8. The molecule has 0 amide bonds. The van der Waals surface area contributed by atoms with Gasteiger partial charge in [0.15, 0.2) is 0 Å². The van der Waals surface area contributed by atoms with E-state index in [4.69, 9.17) is 9.47 Å². The van der Waals surface area contributed by atoms with Crippen molar-refractivity contribution < 1.29 is 9.47 Å². The van der Waals surface area contributed by atoms with Crippen LogP contribution in [0, 0.1) is 5.92 Å². The quantitative estimate of drug-likeness (QED) is 0.759. The number of methoxy groups -OCH3 is 1. The first kappa shape index (κ1) is 14.3. The van der Waals surface area contributed by atoms with Crippen LogP contribution in [0.4, 0.5) is 0 Å². The Balaban J connectivity index is 1.90. The van der Waals surface area contributed by atoms with Crippen molar-refractivity contribution in [3.8, 4) is 0 Å². The fourth-order valence-corrected chi connectivity index (χ4v) is 3.28. The lowest BCUT2D eigenvalue weighted by Crippen LogP contribution is -2.50. The van der Waals surface area contributed by atoms with Gasteiger partial charge in [-0.3, -0.25) is 0 Å². The molecule has 1 aliphatic heterocycles. The van der Waals surface area contributed by atoms with Crippen LogP contribution in [0.1, 0.15) is 51.9 Å². The number of ether oxygens (including phenoxy) is 2. The summed E-state index contributed by atoms with van der Waals surface area (Å²) in [5.74, 6) is 0.679. The van der Waals surface area contributed by atoms with E-state index in [9.17, 15) is 0 Å². The molecule has 1 heterocycles. The summed E-state index contributed by atoms with van der Waals surface area (Å²) in [5.41, 5.74) is 0.169. The molecular weight excluding hydrogens is 226 g/mol. The average Bonchev–Trinajstić information content (AvgIpc) is 2.38. The number of hydrogen-bond donors (Lipinski definition) is 1. The summed E-state index contributed by atoms with van der Waals surface area (Å²) >= 11 is 0. The van der Waals surface area contributed by atoms with Crippen LogP contribution in [-0.4, -0.2) is 38.5 Å². The Morgan fingerprint density at radius 2 is 2.22 bits per heavy atom. The minimum atomic E-state index is 0.169. The van der Waals surface area contributed by atoms with Gasteiger partial charge in [-0.1, -0.05) is 6.92 Å². The van der Waals surface area contributed by atoms with E-state index in [-0.39, 0.29) is 5.60 Å². The monoisotopic (exact) mass is 255 g/mol. The van der Waals surface area contributed by atoms with Crippen molar-refractivity contribution >= 4 is 0 Å². The van der Waals surface area contributed by atoms with Gasteiger partial charge < -0.3 is 14.8 Å². The molecule has 1 saturated carbocycles. The van der Waals surface area contributed by atoms with Gasteiger partial charge in [0.1, 0.15) is 0 Å². The Labute approximate surface area is 112 Å². The minimum absolute atomic E-state index is 0.169. The molecule has 2 unspecified atom stereocenters. The molecule has 18 heavy (non-hydrogen) atoms. The van der Waals surface area contributed by atoms with Crippen LogP contribution < -0.4 is 5.32 Å². The van der Waals surface area contributed by atoms with E-state index in [0.29, 0.717) is 12.0 Å². The Morgan fingerprint density at radius 3 is 2.72 bits per heavy atom. The smallest absolute Gasteiger partial charge is 0.0693 e. The van der Waals surface area contributed by atoms with Crippen LogP contribution >= 0.6 is 0 Å². The Kier molecular flexibility index (Phi) is 5.46. The van der Waals surface area contributed by atoms with Crippen molar-refractivity contribution in [3.05, 3.63) is 0 Å². The van der Waals surface area contributed by atoms with Crippen molar-refractivity contribution in [3.63, 3.8) is 0 Å². The van der Waals surface area contributed by atoms with Crippen LogP contribution in [0.5, 0.6) is 0 Å². The van der Waals surface area contributed by atoms with Crippen molar-refractivity contribution in [2.45, 2.75) is 63.5 Å². The molecule has 2 atom stereocenters. The summed E-state index contributed by atoms with van der Waals surface area (Å²) in [7, 11) is 1.88. The summed E-state index contributed by atoms with van der Waals surface area (Å²) in [6, 6.07) is 0.575. The van der Waals surface area contributed by atoms with Gasteiger partial charge >= 0.3 is 0 Å². The third-order valence-corrected chi connectivity index (χ3v) is 4.71. The minimum Gasteiger partial charge on any atom is -0.381 e. The van der Waals surface area contributed by atoms with Crippen LogP contribution in [0.2, 0.25) is 0 Å². The molecule has 0 radical (unpaired) electrons. The molecule has 0 aromatic rings. The van der Waals surface area contributed by atoms with E-state index < -0.39 is 0 Å². The van der Waals surface area contributed by atoms with Crippen molar-refractivity contribution in [1.82, 2.24) is 5.32 Å². The Morgan fingerprint density at radius 1 is 1.39 bits per heavy atom. The normalized spacial score (nSPS) is 28.7. The largest absolute Gasteiger partial charge is 0.381 e. The second-order valence-electron chi connectivity index (χ2n) is 5.98. The molecular formula is C15H29NO2. The lowest BCUT2D eigenvalue weighted by atomic mass is 9.73. The molecule has 106 valence electrons. The topological polar surface area (TPSA) is 30.5 Å². The number of rotatable bonds is 7. The molecule has 2 rings (SSSR count). The Bertz CT molecular complexity index is 229. The summed E-state index contributed by atoms with van der Waals surface area (Å²) in [6.45, 7) is 5.23. The molecule has 0 spiro atoms. The van der Waals surface area contributed by atoms with Gasteiger partial charge in [-0.05, 0) is 57.4 Å². The first-order valence-corrected chi connectivity index (χ1v) is 7.66. The van der Waals surface area contributed by atoms with Crippen LogP contribution in [0.3, 0.4) is 0 Å². The van der Waals surface area contributed by atoms with E-state index in [1.54, 1.807) is 0 Å². The van der Waals surface area contributed by atoms with Crippen molar-refractivity contribution in [2.75, 3.05) is 26.9 Å². The summed E-state index contributed by atoms with van der Waals surface area (Å²) in [4.78, 5) is 0. The molecule has 1 N–H and O–H groups in total. The highest BCUT2D eigenvalue weighted by atomic mass is 16.5. The highest BCUT2D eigenvalue weighted by Crippen LogP contribution is 2.40. The first-order valence-electron chi connectivity index (χ1n) is 7.66. The third-order valence-electron chi connectivity index (χ3n) is 4.71. The summed E-state index contributed by atoms with van der Waals surface area (Å²) in [6.07, 6.45) is 8.69. The molecule has 0 aromatic carbocycles. The summed E-state index contributed by atoms with van der Waals surface area (Å²) < 4.78 is 11.5. The molecule has 1 aliphatic carbocycles. The summed E-state index contributed by atoms with van der Waals surface area (Å²) in [5, 5.41) is 3.74. The van der Waals surface area contributed by atoms with Crippen LogP contribution in [0.25, 0.3) is 0 Å². The van der Waals surface area contributed by atoms with E-state index in [2.05, 4.69) is 12.2 Å². The Hall–Kier alpha value is -0.120. The predicted octanol–water partition coefficient (Wildman–Crippen LogP) is 2.74. The van der Waals surface area contributed by atoms with Gasteiger partial charge in [-0.15, -0.1) is 0 Å². The molecule has 1 saturated heterocycles. The highest BCUT2D eigenvalue weighted by Gasteiger charge is 2.40. The van der Waals surface area contributed by atoms with Gasteiger partial charge in [0.25, 0.3) is 0 Å². The maximum Gasteiger partial charge on any atom is 0.0693 e. The first-order chi connectivity index (χ1) is 8.79. The fraction of sp³-hybridized carbons (Fsp3) is 1.00. The predicted molar refractivity (Wildman–Crippen MR) is 73.8 cm³/mol. The van der Waals surface area contributed by atoms with Crippen LogP contribution in [0.15, 0.2) is 0 Å². The number of hydrogen-bond acceptors (Lipinski definition) is 3. The van der Waals surface area contributed by atoms with E-state index in [0.717, 1.165) is 26.2 Å². The fourth-order valence-electron chi connectivity index (χ4n) is 3.28. The maximum atomic E-state index is 5.79. The molecule has 0 bridgehead atoms. The zero-order valence-corrected chi connectivity index (χ0v) is 12.0. The lowest BCUT2D eigenvalue weighted by molar-refractivity contribution is -0.0917. The van der Waals surface area contributed by atoms with Gasteiger partial charge in [0, 0.05) is 19.8 Å². The maximum absolute atomic E-state index is 5.79. The van der Waals surface area contributed by atoms with Gasteiger partial charge in [0.05, 0.1) is 12.2 Å². The molecule has 0 aromatic heterocycles. The standard InChI is InChI=1S/C15H29NO2/c1-3-9-16-14(13-6-4-10-18-12-13)11-15(17-2)7-5-8-15/h13-14,16H,3-12H2,1-2H3.